The van der Waals surface area contributed by atoms with Gasteiger partial charge in [0.1, 0.15) is 6.07 Å². The van der Waals surface area contributed by atoms with Crippen LogP contribution in [-0.2, 0) is 9.59 Å². The van der Waals surface area contributed by atoms with Gasteiger partial charge in [0.15, 0.2) is 0 Å². The minimum atomic E-state index is -1.82. The van der Waals surface area contributed by atoms with Crippen LogP contribution >= 0.6 is 0 Å². The van der Waals surface area contributed by atoms with Crippen LogP contribution in [0, 0.1) is 22.7 Å². The van der Waals surface area contributed by atoms with E-state index in [0.717, 1.165) is 0 Å². The van der Waals surface area contributed by atoms with Gasteiger partial charge in [-0.3, -0.25) is 5.84 Å². The summed E-state index contributed by atoms with van der Waals surface area (Å²) >= 11 is 0. The number of nitrogen functional groups attached to an aromatic ring is 1. The maximum Gasteiger partial charge on any atom is 0.414 e. The molecule has 0 heterocycles. The average molecular weight is 248 g/mol. The fourth-order valence-corrected chi connectivity index (χ4v) is 0.832. The number of nitrogens with one attached hydrogen (secondary N) is 1. The molecule has 1 aromatic carbocycles. The summed E-state index contributed by atoms with van der Waals surface area (Å²) in [5, 5.41) is 31.9. The number of hydrogen-bond acceptors (Lipinski definition) is 6. The third-order valence-electron chi connectivity index (χ3n) is 1.61. The smallest absolute Gasteiger partial charge is 0.414 e. The Bertz CT molecular complexity index is 530. The molecule has 18 heavy (non-hydrogen) atoms. The Hall–Kier alpha value is -3.10. The molecule has 0 aliphatic carbocycles. The first-order valence-corrected chi connectivity index (χ1v) is 4.33. The lowest BCUT2D eigenvalue weighted by Crippen LogP contribution is -2.09. The summed E-state index contributed by atoms with van der Waals surface area (Å²) in [5.41, 5.74) is 3.71. The molecular weight excluding hydrogens is 240 g/mol. The average Bonchev–Trinajstić information content (AvgIpc) is 2.38. The van der Waals surface area contributed by atoms with Crippen LogP contribution in [0.4, 0.5) is 5.69 Å². The highest BCUT2D eigenvalue weighted by molar-refractivity contribution is 6.27. The van der Waals surface area contributed by atoms with Crippen LogP contribution in [0.3, 0.4) is 0 Å². The summed E-state index contributed by atoms with van der Waals surface area (Å²) in [4.78, 5) is 18.2. The zero-order valence-corrected chi connectivity index (χ0v) is 8.91. The van der Waals surface area contributed by atoms with Gasteiger partial charge >= 0.3 is 11.9 Å². The highest BCUT2D eigenvalue weighted by Crippen LogP contribution is 2.14. The minimum Gasteiger partial charge on any atom is -0.473 e. The van der Waals surface area contributed by atoms with Crippen LogP contribution in [0.15, 0.2) is 18.2 Å². The lowest BCUT2D eigenvalue weighted by Gasteiger charge is -2.00. The Morgan fingerprint density at radius 3 is 2.06 bits per heavy atom. The molecule has 8 nitrogen and oxygen atoms in total. The van der Waals surface area contributed by atoms with Crippen molar-refractivity contribution >= 4 is 17.6 Å². The number of anilines is 1. The van der Waals surface area contributed by atoms with E-state index in [1.165, 1.54) is 6.07 Å². The van der Waals surface area contributed by atoms with Gasteiger partial charge in [-0.15, -0.1) is 0 Å². The second-order valence-electron chi connectivity index (χ2n) is 2.74. The van der Waals surface area contributed by atoms with E-state index in [0.29, 0.717) is 16.8 Å². The van der Waals surface area contributed by atoms with Gasteiger partial charge in [-0.2, -0.15) is 10.5 Å². The van der Waals surface area contributed by atoms with E-state index < -0.39 is 11.9 Å². The van der Waals surface area contributed by atoms with Crippen molar-refractivity contribution in [3.05, 3.63) is 29.3 Å². The van der Waals surface area contributed by atoms with Gasteiger partial charge in [-0.1, -0.05) is 0 Å². The number of carboxylic acids is 2. The first-order chi connectivity index (χ1) is 8.46. The maximum atomic E-state index is 9.10. The van der Waals surface area contributed by atoms with Gasteiger partial charge in [0.05, 0.1) is 22.9 Å². The highest BCUT2D eigenvalue weighted by Gasteiger charge is 2.04. The van der Waals surface area contributed by atoms with Crippen LogP contribution in [0.5, 0.6) is 0 Å². The van der Waals surface area contributed by atoms with Crippen molar-refractivity contribution in [2.45, 2.75) is 0 Å². The number of hydrogen-bond donors (Lipinski definition) is 4. The zero-order chi connectivity index (χ0) is 14.1. The normalized spacial score (nSPS) is 7.94. The van der Waals surface area contributed by atoms with Gasteiger partial charge in [-0.25, -0.2) is 9.59 Å². The molecule has 0 fully saturated rings. The number of nitrogens with zero attached hydrogens (tertiary/aromatic N) is 2. The molecule has 1 rings (SSSR count). The molecule has 0 saturated carbocycles. The summed E-state index contributed by atoms with van der Waals surface area (Å²) in [6.45, 7) is 0. The maximum absolute atomic E-state index is 9.10. The van der Waals surface area contributed by atoms with Gasteiger partial charge in [0, 0.05) is 0 Å². The van der Waals surface area contributed by atoms with Crippen molar-refractivity contribution in [2.75, 3.05) is 5.43 Å². The van der Waals surface area contributed by atoms with Crippen LogP contribution in [0.1, 0.15) is 11.1 Å². The number of carboxylic acid groups (broad SMARTS) is 2. The number of rotatable bonds is 1. The molecule has 8 heteroatoms. The van der Waals surface area contributed by atoms with Crippen LogP contribution in [0.2, 0.25) is 0 Å². The van der Waals surface area contributed by atoms with E-state index in [-0.39, 0.29) is 0 Å². The highest BCUT2D eigenvalue weighted by atomic mass is 16.4. The number of nitriles is 2. The summed E-state index contributed by atoms with van der Waals surface area (Å²) in [6, 6.07) is 8.53. The molecule has 0 aliphatic heterocycles. The van der Waals surface area contributed by atoms with Crippen molar-refractivity contribution < 1.29 is 19.8 Å². The zero-order valence-electron chi connectivity index (χ0n) is 8.91. The molecule has 5 N–H and O–H groups in total. The molecule has 0 aliphatic rings. The van der Waals surface area contributed by atoms with E-state index >= 15 is 0 Å². The number of benzene rings is 1. The quantitative estimate of drug-likeness (QED) is 0.303. The molecule has 0 bridgehead atoms. The lowest BCUT2D eigenvalue weighted by atomic mass is 10.1. The standard InChI is InChI=1S/C8H6N4.C2H2O4/c9-4-6-1-2-8(12-11)7(3-6)5-10;3-1(4)2(5)6/h1-3,12H,11H2;(H,3,4)(H,5,6). The predicted molar refractivity (Wildman–Crippen MR) is 59.0 cm³/mol. The van der Waals surface area contributed by atoms with Crippen molar-refractivity contribution in [2.24, 2.45) is 5.84 Å². The van der Waals surface area contributed by atoms with Gasteiger partial charge in [0.25, 0.3) is 0 Å². The Labute approximate surface area is 101 Å². The van der Waals surface area contributed by atoms with E-state index in [4.69, 9.17) is 36.2 Å². The van der Waals surface area contributed by atoms with E-state index in [1.54, 1.807) is 12.1 Å². The first kappa shape index (κ1) is 14.9. The van der Waals surface area contributed by atoms with Gasteiger partial charge in [0.2, 0.25) is 0 Å². The second kappa shape index (κ2) is 7.22. The molecule has 0 aromatic heterocycles. The van der Waals surface area contributed by atoms with Crippen molar-refractivity contribution in [3.8, 4) is 12.1 Å². The van der Waals surface area contributed by atoms with E-state index in [2.05, 4.69) is 5.43 Å². The fourth-order valence-electron chi connectivity index (χ4n) is 0.832. The lowest BCUT2D eigenvalue weighted by molar-refractivity contribution is -0.159. The SMILES string of the molecule is N#Cc1ccc(NN)c(C#N)c1.O=C(O)C(=O)O. The van der Waals surface area contributed by atoms with Crippen LogP contribution < -0.4 is 11.3 Å². The molecule has 92 valence electrons. The molecule has 0 radical (unpaired) electrons. The number of aliphatic carboxylic acids is 2. The Morgan fingerprint density at radius 1 is 1.17 bits per heavy atom. The van der Waals surface area contributed by atoms with Gasteiger partial charge < -0.3 is 15.6 Å². The predicted octanol–water partition coefficient (Wildman–Crippen LogP) is -0.129. The molecular formula is C10H8N4O4. The summed E-state index contributed by atoms with van der Waals surface area (Å²) in [7, 11) is 0. The Morgan fingerprint density at radius 2 is 1.72 bits per heavy atom. The van der Waals surface area contributed by atoms with E-state index in [1.807, 2.05) is 12.1 Å². The van der Waals surface area contributed by atoms with E-state index in [9.17, 15) is 0 Å². The largest absolute Gasteiger partial charge is 0.473 e. The summed E-state index contributed by atoms with van der Waals surface area (Å²) in [5.74, 6) is 1.49. The number of hydrazine groups is 1. The molecule has 0 unspecified atom stereocenters. The molecule has 1 aromatic rings. The Kier molecular flexibility index (Phi) is 5.98. The molecule has 0 amide bonds. The van der Waals surface area contributed by atoms with Crippen LogP contribution in [-0.4, -0.2) is 22.2 Å². The third-order valence-corrected chi connectivity index (χ3v) is 1.61. The monoisotopic (exact) mass is 248 g/mol. The summed E-state index contributed by atoms with van der Waals surface area (Å²) < 4.78 is 0. The molecule has 0 spiro atoms. The summed E-state index contributed by atoms with van der Waals surface area (Å²) in [6.07, 6.45) is 0. The van der Waals surface area contributed by atoms with Crippen molar-refractivity contribution in [1.82, 2.24) is 0 Å². The topological polar surface area (TPSA) is 160 Å². The molecule has 0 atom stereocenters. The molecule has 0 saturated heterocycles. The minimum absolute atomic E-state index is 0.372. The van der Waals surface area contributed by atoms with Crippen LogP contribution in [0.25, 0.3) is 0 Å². The fraction of sp³-hybridized carbons (Fsp3) is 0. The number of nitrogens with two attached hydrogens (primary N) is 1. The number of carbonyl (C=O) groups is 2. The van der Waals surface area contributed by atoms with Crippen molar-refractivity contribution in [1.29, 1.82) is 10.5 Å². The third kappa shape index (κ3) is 4.61. The van der Waals surface area contributed by atoms with Crippen molar-refractivity contribution in [3.63, 3.8) is 0 Å². The second-order valence-corrected chi connectivity index (χ2v) is 2.74. The first-order valence-electron chi connectivity index (χ1n) is 4.33. The Balaban J connectivity index is 0.000000411. The van der Waals surface area contributed by atoms with Gasteiger partial charge in [-0.05, 0) is 18.2 Å².